The fraction of sp³-hybridized carbons (Fsp3) is 0.348. The SMILES string of the molecule is COC(C)C(NC(=O)OCC1c2ccccc2-c2ccccc21)C(=O)NC(C(=O)O)C(F)(F)F. The molecule has 3 rings (SSSR count). The molecule has 8 nitrogen and oxygen atoms in total. The molecule has 2 amide bonds. The first-order chi connectivity index (χ1) is 16.0. The van der Waals surface area contributed by atoms with Gasteiger partial charge in [-0.3, -0.25) is 4.79 Å². The van der Waals surface area contributed by atoms with Gasteiger partial charge in [0, 0.05) is 13.0 Å². The Balaban J connectivity index is 1.70. The zero-order valence-electron chi connectivity index (χ0n) is 18.3. The summed E-state index contributed by atoms with van der Waals surface area (Å²) in [7, 11) is 1.18. The Kier molecular flexibility index (Phi) is 7.45. The van der Waals surface area contributed by atoms with E-state index in [0.717, 1.165) is 22.3 Å². The number of alkyl carbamates (subject to hydrolysis) is 1. The molecular formula is C23H23F3N2O6. The summed E-state index contributed by atoms with van der Waals surface area (Å²) in [6, 6.07) is 10.5. The third-order valence-electron chi connectivity index (χ3n) is 5.60. The molecule has 2 aromatic rings. The highest BCUT2D eigenvalue weighted by molar-refractivity contribution is 5.90. The van der Waals surface area contributed by atoms with Crippen molar-refractivity contribution in [3.8, 4) is 11.1 Å². The van der Waals surface area contributed by atoms with Gasteiger partial charge < -0.3 is 25.2 Å². The molecule has 0 saturated heterocycles. The number of methoxy groups -OCH3 is 1. The molecule has 3 atom stereocenters. The van der Waals surface area contributed by atoms with E-state index >= 15 is 0 Å². The van der Waals surface area contributed by atoms with Crippen LogP contribution < -0.4 is 10.6 Å². The first-order valence-electron chi connectivity index (χ1n) is 10.3. The molecule has 0 aromatic heterocycles. The smallest absolute Gasteiger partial charge is 0.419 e. The predicted molar refractivity (Wildman–Crippen MR) is 114 cm³/mol. The van der Waals surface area contributed by atoms with Crippen molar-refractivity contribution in [2.75, 3.05) is 13.7 Å². The van der Waals surface area contributed by atoms with Crippen LogP contribution in [0.15, 0.2) is 48.5 Å². The summed E-state index contributed by atoms with van der Waals surface area (Å²) in [4.78, 5) is 35.8. The summed E-state index contributed by atoms with van der Waals surface area (Å²) in [5.41, 5.74) is 3.91. The third-order valence-corrected chi connectivity index (χ3v) is 5.60. The van der Waals surface area contributed by atoms with Gasteiger partial charge in [0.25, 0.3) is 0 Å². The number of alkyl halides is 3. The molecule has 182 valence electrons. The first-order valence-corrected chi connectivity index (χ1v) is 10.3. The maximum absolute atomic E-state index is 12.9. The summed E-state index contributed by atoms with van der Waals surface area (Å²) in [6.07, 6.45) is -7.38. The third kappa shape index (κ3) is 5.30. The largest absolute Gasteiger partial charge is 0.479 e. The second kappa shape index (κ2) is 10.1. The van der Waals surface area contributed by atoms with E-state index in [1.165, 1.54) is 19.4 Å². The quantitative estimate of drug-likeness (QED) is 0.535. The lowest BCUT2D eigenvalue weighted by Crippen LogP contribution is -2.59. The molecule has 3 unspecified atom stereocenters. The monoisotopic (exact) mass is 480 g/mol. The number of hydrogen-bond acceptors (Lipinski definition) is 5. The molecule has 0 aliphatic heterocycles. The highest BCUT2D eigenvalue weighted by atomic mass is 19.4. The highest BCUT2D eigenvalue weighted by Crippen LogP contribution is 2.44. The van der Waals surface area contributed by atoms with E-state index in [0.29, 0.717) is 0 Å². The molecule has 0 spiro atoms. The van der Waals surface area contributed by atoms with Crippen molar-refractivity contribution in [2.24, 2.45) is 0 Å². The number of carboxylic acids is 1. The highest BCUT2D eigenvalue weighted by Gasteiger charge is 2.47. The van der Waals surface area contributed by atoms with Crippen molar-refractivity contribution in [2.45, 2.75) is 37.2 Å². The molecule has 1 aliphatic carbocycles. The van der Waals surface area contributed by atoms with Crippen LogP contribution in [0.2, 0.25) is 0 Å². The number of fused-ring (bicyclic) bond motifs is 3. The Bertz CT molecular complexity index is 1030. The zero-order valence-corrected chi connectivity index (χ0v) is 18.3. The van der Waals surface area contributed by atoms with Crippen molar-refractivity contribution < 1.29 is 42.1 Å². The minimum Gasteiger partial charge on any atom is -0.479 e. The van der Waals surface area contributed by atoms with Crippen LogP contribution in [0, 0.1) is 0 Å². The second-order valence-electron chi connectivity index (χ2n) is 7.71. The number of rotatable bonds is 8. The molecule has 0 radical (unpaired) electrons. The standard InChI is InChI=1S/C23H23F3N2O6/c1-12(33-2)18(20(29)28-19(21(30)31)23(24,25)26)27-22(32)34-11-17-15-9-5-3-7-13(15)14-8-4-6-10-16(14)17/h3-10,12,17-19H,11H2,1-2H3,(H,27,32)(H,28,29)(H,30,31). The Morgan fingerprint density at radius 1 is 1.00 bits per heavy atom. The molecule has 1 aliphatic rings. The lowest BCUT2D eigenvalue weighted by Gasteiger charge is -2.26. The molecule has 0 heterocycles. The summed E-state index contributed by atoms with van der Waals surface area (Å²) in [5.74, 6) is -3.94. The molecule has 11 heteroatoms. The molecule has 3 N–H and O–H groups in total. The number of carbonyl (C=O) groups is 3. The van der Waals surface area contributed by atoms with Gasteiger partial charge in [0.05, 0.1) is 6.10 Å². The Morgan fingerprint density at radius 3 is 2.00 bits per heavy atom. The van der Waals surface area contributed by atoms with Crippen LogP contribution in [-0.2, 0) is 19.1 Å². The lowest BCUT2D eigenvalue weighted by molar-refractivity contribution is -0.182. The van der Waals surface area contributed by atoms with Crippen LogP contribution in [0.5, 0.6) is 0 Å². The number of halogens is 3. The topological polar surface area (TPSA) is 114 Å². The van der Waals surface area contributed by atoms with Crippen LogP contribution in [0.25, 0.3) is 11.1 Å². The Labute approximate surface area is 193 Å². The molecule has 0 saturated carbocycles. The average Bonchev–Trinajstić information content (AvgIpc) is 3.11. The minimum absolute atomic E-state index is 0.0874. The lowest BCUT2D eigenvalue weighted by atomic mass is 9.98. The fourth-order valence-corrected chi connectivity index (χ4v) is 3.81. The van der Waals surface area contributed by atoms with E-state index in [-0.39, 0.29) is 12.5 Å². The molecule has 34 heavy (non-hydrogen) atoms. The molecule has 2 aromatic carbocycles. The van der Waals surface area contributed by atoms with Gasteiger partial charge in [0.1, 0.15) is 12.6 Å². The van der Waals surface area contributed by atoms with E-state index in [1.54, 1.807) is 0 Å². The molecular weight excluding hydrogens is 457 g/mol. The summed E-state index contributed by atoms with van der Waals surface area (Å²) in [6.45, 7) is 1.24. The van der Waals surface area contributed by atoms with Gasteiger partial charge >= 0.3 is 18.2 Å². The summed E-state index contributed by atoms with van der Waals surface area (Å²) >= 11 is 0. The second-order valence-corrected chi connectivity index (χ2v) is 7.71. The van der Waals surface area contributed by atoms with Crippen molar-refractivity contribution in [3.63, 3.8) is 0 Å². The van der Waals surface area contributed by atoms with E-state index in [9.17, 15) is 27.6 Å². The number of nitrogens with one attached hydrogen (secondary N) is 2. The van der Waals surface area contributed by atoms with Crippen molar-refractivity contribution in [1.82, 2.24) is 10.6 Å². The maximum atomic E-state index is 12.9. The van der Waals surface area contributed by atoms with E-state index in [4.69, 9.17) is 14.6 Å². The Morgan fingerprint density at radius 2 is 1.53 bits per heavy atom. The van der Waals surface area contributed by atoms with Gasteiger partial charge in [-0.2, -0.15) is 13.2 Å². The number of carboxylic acid groups (broad SMARTS) is 1. The van der Waals surface area contributed by atoms with Gasteiger partial charge in [0.2, 0.25) is 11.9 Å². The minimum atomic E-state index is -5.23. The van der Waals surface area contributed by atoms with Gasteiger partial charge in [0.15, 0.2) is 0 Å². The van der Waals surface area contributed by atoms with Crippen LogP contribution in [0.1, 0.15) is 24.0 Å². The summed E-state index contributed by atoms with van der Waals surface area (Å²) < 4.78 is 49.1. The van der Waals surface area contributed by atoms with Crippen molar-refractivity contribution in [1.29, 1.82) is 0 Å². The zero-order chi connectivity index (χ0) is 25.0. The predicted octanol–water partition coefficient (Wildman–Crippen LogP) is 3.06. The van der Waals surface area contributed by atoms with Crippen LogP contribution >= 0.6 is 0 Å². The summed E-state index contributed by atoms with van der Waals surface area (Å²) in [5, 5.41) is 12.4. The van der Waals surface area contributed by atoms with Gasteiger partial charge in [-0.05, 0) is 29.2 Å². The first kappa shape index (κ1) is 25.0. The average molecular weight is 480 g/mol. The van der Waals surface area contributed by atoms with E-state index in [1.807, 2.05) is 48.5 Å². The number of ether oxygens (including phenoxy) is 2. The van der Waals surface area contributed by atoms with Gasteiger partial charge in [-0.15, -0.1) is 0 Å². The number of hydrogen-bond donors (Lipinski definition) is 3. The van der Waals surface area contributed by atoms with Gasteiger partial charge in [-0.25, -0.2) is 9.59 Å². The number of benzene rings is 2. The normalized spacial score (nSPS) is 15.4. The van der Waals surface area contributed by atoms with Crippen LogP contribution in [0.4, 0.5) is 18.0 Å². The Hall–Kier alpha value is -3.60. The molecule has 0 bridgehead atoms. The molecule has 0 fully saturated rings. The van der Waals surface area contributed by atoms with Crippen LogP contribution in [-0.4, -0.2) is 61.2 Å². The van der Waals surface area contributed by atoms with E-state index in [2.05, 4.69) is 5.32 Å². The van der Waals surface area contributed by atoms with Crippen molar-refractivity contribution >= 4 is 18.0 Å². The van der Waals surface area contributed by atoms with Crippen molar-refractivity contribution in [3.05, 3.63) is 59.7 Å². The maximum Gasteiger partial charge on any atom is 0.419 e. The fourth-order valence-electron chi connectivity index (χ4n) is 3.81. The number of carbonyl (C=O) groups excluding carboxylic acids is 2. The number of amides is 2. The van der Waals surface area contributed by atoms with Gasteiger partial charge in [-0.1, -0.05) is 48.5 Å². The number of aliphatic carboxylic acids is 1. The van der Waals surface area contributed by atoms with E-state index < -0.39 is 42.3 Å². The van der Waals surface area contributed by atoms with Crippen LogP contribution in [0.3, 0.4) is 0 Å².